The number of rotatable bonds is 3. The number of hydrogen-bond donors (Lipinski definition) is 3. The average Bonchev–Trinajstić information content (AvgIpc) is 3.72. The van der Waals surface area contributed by atoms with Crippen molar-refractivity contribution in [1.82, 2.24) is 16.2 Å². The summed E-state index contributed by atoms with van der Waals surface area (Å²) in [7, 11) is 0. The molecule has 4 aliphatic rings. The lowest BCUT2D eigenvalue weighted by Gasteiger charge is -2.39. The van der Waals surface area contributed by atoms with E-state index < -0.39 is 5.41 Å². The van der Waals surface area contributed by atoms with Crippen LogP contribution in [0.25, 0.3) is 55.5 Å². The minimum absolute atomic E-state index is 0.215. The number of ether oxygens (including phenoxy) is 1. The molecule has 1 atom stereocenters. The van der Waals surface area contributed by atoms with Crippen molar-refractivity contribution in [3.8, 4) is 44.9 Å². The number of hydrazine groups is 1. The molecular formula is C50H33N3O. The highest BCUT2D eigenvalue weighted by atomic mass is 16.5. The predicted molar refractivity (Wildman–Crippen MR) is 218 cm³/mol. The van der Waals surface area contributed by atoms with E-state index in [0.29, 0.717) is 0 Å². The van der Waals surface area contributed by atoms with Crippen LogP contribution in [0, 0.1) is 0 Å². The van der Waals surface area contributed by atoms with Gasteiger partial charge in [0.2, 0.25) is 0 Å². The molecule has 8 aromatic carbocycles. The molecule has 1 unspecified atom stereocenters. The van der Waals surface area contributed by atoms with Crippen LogP contribution in [-0.2, 0) is 5.41 Å². The van der Waals surface area contributed by atoms with Crippen molar-refractivity contribution in [3.05, 3.63) is 215 Å². The third kappa shape index (κ3) is 3.95. The van der Waals surface area contributed by atoms with Crippen LogP contribution in [0.2, 0.25) is 0 Å². The van der Waals surface area contributed by atoms with Crippen LogP contribution >= 0.6 is 0 Å². The Bertz CT molecular complexity index is 2860. The summed E-state index contributed by atoms with van der Waals surface area (Å²) in [4.78, 5) is 0. The molecule has 0 fully saturated rings. The summed E-state index contributed by atoms with van der Waals surface area (Å²) in [5, 5.41) is 6.58. The van der Waals surface area contributed by atoms with Crippen LogP contribution in [0.5, 0.6) is 11.5 Å². The SMILES string of the molecule is c1ccc(C2=C(c3ccc4c(c3)-c3cccc5cccc-4c35)NNC(c3ccc4c(c3)C3(c5ccccc5Oc5ccccc53)c3ccccc3-4)N2)cc1. The summed E-state index contributed by atoms with van der Waals surface area (Å²) in [5.41, 5.74) is 24.8. The van der Waals surface area contributed by atoms with E-state index in [9.17, 15) is 0 Å². The van der Waals surface area contributed by atoms with Crippen molar-refractivity contribution in [2.24, 2.45) is 0 Å². The first kappa shape index (κ1) is 29.7. The molecule has 254 valence electrons. The van der Waals surface area contributed by atoms with E-state index >= 15 is 0 Å². The molecular weight excluding hydrogens is 659 g/mol. The molecule has 0 bridgehead atoms. The zero-order chi connectivity index (χ0) is 35.4. The normalized spacial score (nSPS) is 16.4. The zero-order valence-electron chi connectivity index (χ0n) is 29.2. The van der Waals surface area contributed by atoms with Crippen LogP contribution in [0.4, 0.5) is 0 Å². The van der Waals surface area contributed by atoms with Gasteiger partial charge >= 0.3 is 0 Å². The fraction of sp³-hybridized carbons (Fsp3) is 0.0400. The van der Waals surface area contributed by atoms with Crippen LogP contribution in [0.1, 0.15) is 45.1 Å². The molecule has 1 spiro atoms. The Hall–Kier alpha value is -6.88. The Morgan fingerprint density at radius 1 is 0.426 bits per heavy atom. The van der Waals surface area contributed by atoms with Gasteiger partial charge in [0.1, 0.15) is 17.7 Å². The Labute approximate surface area is 313 Å². The lowest BCUT2D eigenvalue weighted by Crippen LogP contribution is -2.47. The highest BCUT2D eigenvalue weighted by Crippen LogP contribution is 2.62. The van der Waals surface area contributed by atoms with Crippen molar-refractivity contribution < 1.29 is 4.74 Å². The Morgan fingerprint density at radius 3 is 1.83 bits per heavy atom. The maximum atomic E-state index is 6.58. The predicted octanol–water partition coefficient (Wildman–Crippen LogP) is 11.2. The first-order valence-electron chi connectivity index (χ1n) is 18.6. The van der Waals surface area contributed by atoms with E-state index in [1.807, 2.05) is 0 Å². The van der Waals surface area contributed by atoms with Gasteiger partial charge in [-0.25, -0.2) is 5.43 Å². The highest BCUT2D eigenvalue weighted by molar-refractivity contribution is 6.15. The summed E-state index contributed by atoms with van der Waals surface area (Å²) in [6.07, 6.45) is -0.215. The maximum absolute atomic E-state index is 6.58. The van der Waals surface area contributed by atoms with Gasteiger partial charge in [0.25, 0.3) is 0 Å². The van der Waals surface area contributed by atoms with Gasteiger partial charge in [-0.2, -0.15) is 0 Å². The number of hydrogen-bond acceptors (Lipinski definition) is 4. The summed E-state index contributed by atoms with van der Waals surface area (Å²) in [5.74, 6) is 1.79. The third-order valence-electron chi connectivity index (χ3n) is 11.9. The monoisotopic (exact) mass is 691 g/mol. The number of para-hydroxylation sites is 2. The van der Waals surface area contributed by atoms with Crippen molar-refractivity contribution in [2.75, 3.05) is 0 Å². The number of fused-ring (bicyclic) bond motifs is 12. The molecule has 3 N–H and O–H groups in total. The standard InChI is InChI=1S/C50H33N3O/c1-2-12-31(13-3-1)47-48(32-24-26-34-37-17-10-14-30-15-11-18-38(46(30)37)39(34)28-32)52-53-49(51-47)33-25-27-36-35-16-4-5-19-40(35)50(43(36)29-33)41-20-6-8-22-44(41)54-45-23-9-7-21-42(45)50/h1-29,49,51-53H. The Kier molecular flexibility index (Phi) is 6.08. The molecule has 8 aromatic rings. The van der Waals surface area contributed by atoms with Crippen molar-refractivity contribution in [2.45, 2.75) is 11.6 Å². The largest absolute Gasteiger partial charge is 0.457 e. The summed E-state index contributed by atoms with van der Waals surface area (Å²) >= 11 is 0. The highest BCUT2D eigenvalue weighted by Gasteiger charge is 2.51. The van der Waals surface area contributed by atoms with Gasteiger partial charge in [0, 0.05) is 16.7 Å². The van der Waals surface area contributed by atoms with Gasteiger partial charge in [-0.15, -0.1) is 0 Å². The topological polar surface area (TPSA) is 45.3 Å². The van der Waals surface area contributed by atoms with Gasteiger partial charge in [-0.1, -0.05) is 158 Å². The third-order valence-corrected chi connectivity index (χ3v) is 11.9. The summed E-state index contributed by atoms with van der Waals surface area (Å²) in [6, 6.07) is 63.7. The first-order valence-corrected chi connectivity index (χ1v) is 18.6. The molecule has 4 nitrogen and oxygen atoms in total. The van der Waals surface area contributed by atoms with Gasteiger partial charge in [0.15, 0.2) is 0 Å². The molecule has 0 saturated heterocycles. The quantitative estimate of drug-likeness (QED) is 0.173. The van der Waals surface area contributed by atoms with Crippen LogP contribution in [0.3, 0.4) is 0 Å². The lowest BCUT2D eigenvalue weighted by atomic mass is 9.66. The molecule has 2 aliphatic carbocycles. The van der Waals surface area contributed by atoms with Crippen LogP contribution in [-0.4, -0.2) is 0 Å². The lowest BCUT2D eigenvalue weighted by molar-refractivity contribution is 0.435. The number of nitrogens with one attached hydrogen (secondary N) is 3. The van der Waals surface area contributed by atoms with Crippen LogP contribution in [0.15, 0.2) is 176 Å². The Balaban J connectivity index is 1.01. The maximum Gasteiger partial charge on any atom is 0.132 e. The summed E-state index contributed by atoms with van der Waals surface area (Å²) in [6.45, 7) is 0. The van der Waals surface area contributed by atoms with Gasteiger partial charge in [0.05, 0.1) is 16.8 Å². The van der Waals surface area contributed by atoms with Gasteiger partial charge in [-0.3, -0.25) is 0 Å². The molecule has 0 aromatic heterocycles. The second kappa shape index (κ2) is 11.1. The molecule has 54 heavy (non-hydrogen) atoms. The van der Waals surface area contributed by atoms with E-state index in [1.165, 1.54) is 55.3 Å². The molecule has 0 saturated carbocycles. The number of benzene rings is 8. The molecule has 2 aliphatic heterocycles. The summed E-state index contributed by atoms with van der Waals surface area (Å²) < 4.78 is 6.58. The van der Waals surface area contributed by atoms with Crippen LogP contribution < -0.4 is 20.9 Å². The minimum atomic E-state index is -0.524. The molecule has 0 radical (unpaired) electrons. The van der Waals surface area contributed by atoms with E-state index in [-0.39, 0.29) is 6.17 Å². The van der Waals surface area contributed by atoms with Crippen molar-refractivity contribution >= 4 is 22.2 Å². The average molecular weight is 692 g/mol. The first-order chi connectivity index (χ1) is 26.8. The minimum Gasteiger partial charge on any atom is -0.457 e. The van der Waals surface area contributed by atoms with E-state index in [0.717, 1.165) is 50.7 Å². The van der Waals surface area contributed by atoms with E-state index in [4.69, 9.17) is 4.74 Å². The fourth-order valence-corrected chi connectivity index (χ4v) is 9.67. The second-order valence-electron chi connectivity index (χ2n) is 14.6. The molecule has 12 rings (SSSR count). The second-order valence-corrected chi connectivity index (χ2v) is 14.6. The molecule has 0 amide bonds. The van der Waals surface area contributed by atoms with Gasteiger partial charge in [-0.05, 0) is 84.6 Å². The smallest absolute Gasteiger partial charge is 0.132 e. The molecule has 2 heterocycles. The fourth-order valence-electron chi connectivity index (χ4n) is 9.67. The van der Waals surface area contributed by atoms with E-state index in [1.54, 1.807) is 0 Å². The van der Waals surface area contributed by atoms with Gasteiger partial charge < -0.3 is 15.5 Å². The van der Waals surface area contributed by atoms with Crippen molar-refractivity contribution in [3.63, 3.8) is 0 Å². The zero-order valence-corrected chi connectivity index (χ0v) is 29.2. The van der Waals surface area contributed by atoms with Crippen molar-refractivity contribution in [1.29, 1.82) is 0 Å². The Morgan fingerprint density at radius 2 is 1.06 bits per heavy atom. The van der Waals surface area contributed by atoms with E-state index in [2.05, 4.69) is 192 Å². The molecule has 4 heteroatoms.